The highest BCUT2D eigenvalue weighted by molar-refractivity contribution is 5.47. The molecule has 218 valence electrons. The summed E-state index contributed by atoms with van der Waals surface area (Å²) >= 11 is 0. The average Bonchev–Trinajstić information content (AvgIpc) is 2.88. The molecule has 0 aliphatic heterocycles. The average molecular weight is 559 g/mol. The van der Waals surface area contributed by atoms with Gasteiger partial charge in [-0.3, -0.25) is 0 Å². The molecule has 0 heterocycles. The van der Waals surface area contributed by atoms with Crippen LogP contribution < -0.4 is 9.47 Å². The molecule has 0 spiro atoms. The zero-order chi connectivity index (χ0) is 29.4. The van der Waals surface area contributed by atoms with Crippen molar-refractivity contribution >= 4 is 0 Å². The van der Waals surface area contributed by atoms with E-state index in [0.717, 1.165) is 48.5 Å². The third-order valence-corrected chi connectivity index (χ3v) is 5.19. The van der Waals surface area contributed by atoms with Crippen LogP contribution in [0, 0.1) is 0 Å². The van der Waals surface area contributed by atoms with Gasteiger partial charge in [-0.1, -0.05) is 24.3 Å². The lowest BCUT2D eigenvalue weighted by molar-refractivity contribution is -0.288. The lowest BCUT2D eigenvalue weighted by atomic mass is 9.73. The van der Waals surface area contributed by atoms with Gasteiger partial charge in [0.15, 0.2) is 0 Å². The molecule has 38 heavy (non-hydrogen) atoms. The molecule has 0 bridgehead atoms. The molecule has 1 unspecified atom stereocenters. The van der Waals surface area contributed by atoms with Crippen molar-refractivity contribution in [2.24, 2.45) is 0 Å². The van der Waals surface area contributed by atoms with Crippen LogP contribution in [0.5, 0.6) is 11.5 Å². The van der Waals surface area contributed by atoms with Crippen molar-refractivity contribution in [1.29, 1.82) is 0 Å². The van der Waals surface area contributed by atoms with E-state index >= 15 is 0 Å². The Labute approximate surface area is 219 Å². The maximum absolute atomic E-state index is 13.8. The fraction of sp³-hybridized carbons (Fsp3) is 0.538. The second kappa shape index (κ2) is 17.1. The Morgan fingerprint density at radius 1 is 0.579 bits per heavy atom. The molecular weight excluding hydrogens is 522 g/mol. The molecule has 1 atom stereocenters. The minimum atomic E-state index is -5.62. The summed E-state index contributed by atoms with van der Waals surface area (Å²) < 4.78 is 112. The van der Waals surface area contributed by atoms with Gasteiger partial charge in [-0.25, -0.2) is 0 Å². The van der Waals surface area contributed by atoms with E-state index in [-0.39, 0.29) is 17.6 Å². The normalized spacial score (nSPS) is 12.4. The Morgan fingerprint density at radius 2 is 0.921 bits per heavy atom. The molecule has 6 nitrogen and oxygen atoms in total. The number of hydrogen-bond acceptors (Lipinski definition) is 6. The second-order valence-electron chi connectivity index (χ2n) is 7.69. The van der Waals surface area contributed by atoms with E-state index < -0.39 is 28.9 Å². The first-order valence-corrected chi connectivity index (χ1v) is 11.2. The molecule has 0 saturated heterocycles. The molecule has 0 amide bonds. The Morgan fingerprint density at radius 3 is 1.11 bits per heavy atom. The molecule has 0 aliphatic rings. The molecular formula is C26H36F6O6. The van der Waals surface area contributed by atoms with E-state index in [4.69, 9.17) is 18.9 Å². The molecule has 12 heteroatoms. The number of alkyl halides is 6. The Bertz CT molecular complexity index is 802. The standard InChI is InChI=1S/C17H14F6O2.C5H12O2.C4H10O2/c1-24-13-7-3-11(4-8-13)15(16(18,19)20,17(21,22)23)12-5-9-14(25-2)10-6-12;1-5(7-3)4-6-2;1-5-3-4-6-2/h3-10H,1-2H3;5H,4H2,1-3H3;3-4H2,1-2H3. The quantitative estimate of drug-likeness (QED) is 0.261. The van der Waals surface area contributed by atoms with Crippen molar-refractivity contribution in [2.75, 3.05) is 62.5 Å². The number of ether oxygens (including phenoxy) is 6. The first-order valence-electron chi connectivity index (χ1n) is 11.2. The lowest BCUT2D eigenvalue weighted by Crippen LogP contribution is -2.54. The molecule has 0 saturated carbocycles. The summed E-state index contributed by atoms with van der Waals surface area (Å²) in [6.07, 6.45) is -11.0. The highest BCUT2D eigenvalue weighted by Crippen LogP contribution is 2.56. The van der Waals surface area contributed by atoms with Crippen LogP contribution >= 0.6 is 0 Å². The minimum absolute atomic E-state index is 0.150. The van der Waals surface area contributed by atoms with Gasteiger partial charge in [0.25, 0.3) is 0 Å². The SMILES string of the molecule is COCC(C)OC.COCCOC.COc1ccc(C(c2ccc(OC)cc2)(C(F)(F)F)C(F)(F)F)cc1. The molecule has 2 aromatic rings. The lowest BCUT2D eigenvalue weighted by Gasteiger charge is -2.38. The van der Waals surface area contributed by atoms with Gasteiger partial charge in [0.2, 0.25) is 5.41 Å². The maximum Gasteiger partial charge on any atom is 0.411 e. The first-order chi connectivity index (χ1) is 17.8. The third-order valence-electron chi connectivity index (χ3n) is 5.19. The summed E-state index contributed by atoms with van der Waals surface area (Å²) in [7, 11) is 9.16. The Kier molecular flexibility index (Phi) is 16.0. The van der Waals surface area contributed by atoms with Gasteiger partial charge in [0.05, 0.1) is 40.1 Å². The van der Waals surface area contributed by atoms with Gasteiger partial charge in [0.1, 0.15) is 11.5 Å². The zero-order valence-corrected chi connectivity index (χ0v) is 22.5. The molecule has 2 rings (SSSR count). The van der Waals surface area contributed by atoms with Crippen LogP contribution in [0.4, 0.5) is 26.3 Å². The van der Waals surface area contributed by atoms with Gasteiger partial charge in [-0.15, -0.1) is 0 Å². The summed E-state index contributed by atoms with van der Waals surface area (Å²) in [5.74, 6) is 0.299. The Balaban J connectivity index is 0.000000869. The molecule has 2 aromatic carbocycles. The summed E-state index contributed by atoms with van der Waals surface area (Å²) in [6.45, 7) is 4.02. The van der Waals surface area contributed by atoms with E-state index in [1.165, 1.54) is 14.2 Å². The van der Waals surface area contributed by atoms with Crippen molar-refractivity contribution in [3.05, 3.63) is 59.7 Å². The van der Waals surface area contributed by atoms with E-state index in [2.05, 4.69) is 9.47 Å². The third kappa shape index (κ3) is 9.97. The number of halogens is 6. The monoisotopic (exact) mass is 558 g/mol. The highest BCUT2D eigenvalue weighted by atomic mass is 19.4. The fourth-order valence-corrected chi connectivity index (χ4v) is 3.13. The fourth-order valence-electron chi connectivity index (χ4n) is 3.13. The van der Waals surface area contributed by atoms with Gasteiger partial charge in [-0.2, -0.15) is 26.3 Å². The van der Waals surface area contributed by atoms with Gasteiger partial charge >= 0.3 is 12.4 Å². The summed E-state index contributed by atoms with van der Waals surface area (Å²) in [5, 5.41) is 0. The number of benzene rings is 2. The van der Waals surface area contributed by atoms with Crippen LogP contribution in [0.2, 0.25) is 0 Å². The van der Waals surface area contributed by atoms with Crippen LogP contribution in [0.1, 0.15) is 18.1 Å². The minimum Gasteiger partial charge on any atom is -0.497 e. The Hall–Kier alpha value is -2.54. The summed E-state index contributed by atoms with van der Waals surface area (Å²) in [4.78, 5) is 0. The van der Waals surface area contributed by atoms with Crippen molar-refractivity contribution in [3.63, 3.8) is 0 Å². The molecule has 0 aliphatic carbocycles. The second-order valence-corrected chi connectivity index (χ2v) is 7.69. The van der Waals surface area contributed by atoms with Gasteiger partial charge in [0, 0.05) is 28.4 Å². The topological polar surface area (TPSA) is 55.4 Å². The van der Waals surface area contributed by atoms with Crippen LogP contribution in [-0.4, -0.2) is 80.9 Å². The van der Waals surface area contributed by atoms with E-state index in [1.807, 2.05) is 6.92 Å². The number of rotatable bonds is 10. The maximum atomic E-state index is 13.8. The van der Waals surface area contributed by atoms with Crippen LogP contribution in [-0.2, 0) is 24.4 Å². The number of methoxy groups -OCH3 is 6. The van der Waals surface area contributed by atoms with Crippen molar-refractivity contribution < 1.29 is 54.8 Å². The smallest absolute Gasteiger partial charge is 0.411 e. The zero-order valence-electron chi connectivity index (χ0n) is 22.5. The highest BCUT2D eigenvalue weighted by Gasteiger charge is 2.72. The van der Waals surface area contributed by atoms with E-state index in [0.29, 0.717) is 19.8 Å². The molecule has 0 radical (unpaired) electrons. The molecule has 0 fully saturated rings. The van der Waals surface area contributed by atoms with Crippen molar-refractivity contribution in [1.82, 2.24) is 0 Å². The van der Waals surface area contributed by atoms with Crippen LogP contribution in [0.3, 0.4) is 0 Å². The summed E-state index contributed by atoms with van der Waals surface area (Å²) in [5.41, 5.74) is -6.06. The van der Waals surface area contributed by atoms with Crippen molar-refractivity contribution in [3.8, 4) is 11.5 Å². The molecule has 0 aromatic heterocycles. The van der Waals surface area contributed by atoms with Gasteiger partial charge < -0.3 is 28.4 Å². The van der Waals surface area contributed by atoms with Crippen LogP contribution in [0.25, 0.3) is 0 Å². The van der Waals surface area contributed by atoms with Crippen molar-refractivity contribution in [2.45, 2.75) is 30.8 Å². The van der Waals surface area contributed by atoms with Crippen LogP contribution in [0.15, 0.2) is 48.5 Å². The number of hydrogen-bond donors (Lipinski definition) is 0. The summed E-state index contributed by atoms with van der Waals surface area (Å²) in [6, 6.07) is 7.31. The largest absolute Gasteiger partial charge is 0.497 e. The van der Waals surface area contributed by atoms with E-state index in [1.54, 1.807) is 28.4 Å². The molecule has 0 N–H and O–H groups in total. The van der Waals surface area contributed by atoms with E-state index in [9.17, 15) is 26.3 Å². The first kappa shape index (κ1) is 35.5. The predicted molar refractivity (Wildman–Crippen MR) is 131 cm³/mol. The van der Waals surface area contributed by atoms with Gasteiger partial charge in [-0.05, 0) is 42.3 Å². The predicted octanol–water partition coefficient (Wildman–Crippen LogP) is 6.06.